The van der Waals surface area contributed by atoms with Crippen LogP contribution in [0.15, 0.2) is 85.5 Å². The second kappa shape index (κ2) is 16.4. The third kappa shape index (κ3) is 9.27. The van der Waals surface area contributed by atoms with Crippen LogP contribution in [-0.4, -0.2) is 88.5 Å². The van der Waals surface area contributed by atoms with E-state index in [9.17, 15) is 4.79 Å². The minimum Gasteiger partial charge on any atom is -0.355 e. The van der Waals surface area contributed by atoms with Crippen molar-refractivity contribution in [3.8, 4) is 0 Å². The average Bonchev–Trinajstić information content (AvgIpc) is 3.10. The van der Waals surface area contributed by atoms with Crippen molar-refractivity contribution in [2.45, 2.75) is 26.2 Å². The molecule has 2 aliphatic heterocycles. The van der Waals surface area contributed by atoms with Gasteiger partial charge in [0.2, 0.25) is 18.3 Å². The third-order valence-electron chi connectivity index (χ3n) is 7.90. The first-order chi connectivity index (χ1) is 21.7. The van der Waals surface area contributed by atoms with Crippen molar-refractivity contribution < 1.29 is 4.79 Å². The molecular weight excluding hydrogens is 552 g/mol. The zero-order valence-corrected chi connectivity index (χ0v) is 25.2. The van der Waals surface area contributed by atoms with Gasteiger partial charge in [0.25, 0.3) is 0 Å². The summed E-state index contributed by atoms with van der Waals surface area (Å²) >= 11 is 0. The van der Waals surface area contributed by atoms with Gasteiger partial charge in [-0.3, -0.25) is 14.6 Å². The molecule has 0 spiro atoms. The van der Waals surface area contributed by atoms with Crippen LogP contribution < -0.4 is 20.9 Å². The molecule has 0 bridgehead atoms. The molecule has 1 amide bonds. The van der Waals surface area contributed by atoms with Crippen molar-refractivity contribution in [1.29, 1.82) is 0 Å². The summed E-state index contributed by atoms with van der Waals surface area (Å²) < 4.78 is 0. The highest BCUT2D eigenvalue weighted by molar-refractivity contribution is 5.46. The Morgan fingerprint density at radius 3 is 1.36 bits per heavy atom. The van der Waals surface area contributed by atoms with Crippen LogP contribution >= 0.6 is 0 Å². The van der Waals surface area contributed by atoms with Crippen molar-refractivity contribution in [2.24, 2.45) is 5.73 Å². The number of carbonyl (C=O) groups is 1. The first-order valence-corrected chi connectivity index (χ1v) is 15.2. The van der Waals surface area contributed by atoms with Crippen molar-refractivity contribution in [2.75, 3.05) is 62.2 Å². The highest BCUT2D eigenvalue weighted by Gasteiger charge is 2.19. The lowest BCUT2D eigenvalue weighted by Gasteiger charge is -2.34. The molecule has 2 aliphatic rings. The van der Waals surface area contributed by atoms with Crippen LogP contribution in [0.2, 0.25) is 0 Å². The minimum atomic E-state index is 0.583. The molecule has 3 N–H and O–H groups in total. The Balaban J connectivity index is 0.000000175. The van der Waals surface area contributed by atoms with E-state index in [-0.39, 0.29) is 0 Å². The second-order valence-electron chi connectivity index (χ2n) is 11.0. The Morgan fingerprint density at radius 1 is 0.591 bits per heavy atom. The largest absolute Gasteiger partial charge is 0.355 e. The standard InChI is InChI=1S/C17H21N5O.C16H21N5/c23-14-18-12-15-2-4-16(5-3-15)13-21-8-10-22(11-9-21)17-19-6-1-7-20-17;17-12-14-2-4-15(5-3-14)13-20-8-10-21(11-9-20)16-18-6-1-7-19-16/h1-7,14H,8-13H2,(H,18,23);1-7H,8-13,17H2. The molecule has 2 aromatic heterocycles. The van der Waals surface area contributed by atoms with Gasteiger partial charge in [-0.1, -0.05) is 48.5 Å². The second-order valence-corrected chi connectivity index (χ2v) is 11.0. The maximum Gasteiger partial charge on any atom is 0.225 e. The molecule has 11 nitrogen and oxygen atoms in total. The van der Waals surface area contributed by atoms with E-state index >= 15 is 0 Å². The molecule has 0 aliphatic carbocycles. The highest BCUT2D eigenvalue weighted by atomic mass is 16.1. The summed E-state index contributed by atoms with van der Waals surface area (Å²) in [5.41, 5.74) is 10.6. The molecular formula is C33H42N10O. The van der Waals surface area contributed by atoms with E-state index < -0.39 is 0 Å². The van der Waals surface area contributed by atoms with Gasteiger partial charge in [-0.15, -0.1) is 0 Å². The zero-order chi connectivity index (χ0) is 30.4. The number of hydrogen-bond acceptors (Lipinski definition) is 10. The summed E-state index contributed by atoms with van der Waals surface area (Å²) in [7, 11) is 0. The number of anilines is 2. The summed E-state index contributed by atoms with van der Waals surface area (Å²) in [6.07, 6.45) is 7.90. The summed E-state index contributed by atoms with van der Waals surface area (Å²) in [6.45, 7) is 11.1. The quantitative estimate of drug-likeness (QED) is 0.265. The number of carbonyl (C=O) groups excluding carboxylic acids is 1. The predicted molar refractivity (Wildman–Crippen MR) is 173 cm³/mol. The number of rotatable bonds is 10. The average molecular weight is 595 g/mol. The van der Waals surface area contributed by atoms with Crippen molar-refractivity contribution in [3.05, 3.63) is 108 Å². The Labute approximate surface area is 259 Å². The van der Waals surface area contributed by atoms with E-state index in [0.717, 1.165) is 89.3 Å². The first-order valence-electron chi connectivity index (χ1n) is 15.2. The molecule has 0 saturated carbocycles. The van der Waals surface area contributed by atoms with Crippen LogP contribution in [0.1, 0.15) is 22.3 Å². The van der Waals surface area contributed by atoms with Gasteiger partial charge < -0.3 is 20.9 Å². The molecule has 2 aromatic carbocycles. The summed E-state index contributed by atoms with van der Waals surface area (Å²) in [6, 6.07) is 20.7. The highest BCUT2D eigenvalue weighted by Crippen LogP contribution is 2.14. The van der Waals surface area contributed by atoms with Gasteiger partial charge in [0, 0.05) is 103 Å². The van der Waals surface area contributed by atoms with E-state index in [1.807, 2.05) is 12.1 Å². The summed E-state index contributed by atoms with van der Waals surface area (Å²) in [4.78, 5) is 36.9. The molecule has 0 radical (unpaired) electrons. The van der Waals surface area contributed by atoms with E-state index in [1.165, 1.54) is 16.7 Å². The van der Waals surface area contributed by atoms with Crippen LogP contribution in [0.5, 0.6) is 0 Å². The van der Waals surface area contributed by atoms with Gasteiger partial charge in [0.15, 0.2) is 0 Å². The molecule has 44 heavy (non-hydrogen) atoms. The predicted octanol–water partition coefficient (Wildman–Crippen LogP) is 2.30. The summed E-state index contributed by atoms with van der Waals surface area (Å²) in [5.74, 6) is 1.66. The lowest BCUT2D eigenvalue weighted by molar-refractivity contribution is -0.109. The molecule has 6 rings (SSSR count). The molecule has 4 aromatic rings. The Hall–Kier alpha value is -4.45. The number of aromatic nitrogens is 4. The van der Waals surface area contributed by atoms with Gasteiger partial charge in [-0.2, -0.15) is 0 Å². The van der Waals surface area contributed by atoms with Gasteiger partial charge in [0.1, 0.15) is 0 Å². The van der Waals surface area contributed by atoms with Crippen molar-refractivity contribution in [1.82, 2.24) is 35.1 Å². The summed E-state index contributed by atoms with van der Waals surface area (Å²) in [5, 5.41) is 2.68. The van der Waals surface area contributed by atoms with Crippen molar-refractivity contribution >= 4 is 18.3 Å². The van der Waals surface area contributed by atoms with Crippen LogP contribution in [0, 0.1) is 0 Å². The van der Waals surface area contributed by atoms with Gasteiger partial charge >= 0.3 is 0 Å². The van der Waals surface area contributed by atoms with Crippen LogP contribution in [0.4, 0.5) is 11.9 Å². The maximum atomic E-state index is 10.3. The number of nitrogens with two attached hydrogens (primary N) is 1. The van der Waals surface area contributed by atoms with Gasteiger partial charge in [-0.25, -0.2) is 19.9 Å². The lowest BCUT2D eigenvalue weighted by atomic mass is 10.1. The monoisotopic (exact) mass is 594 g/mol. The number of benzene rings is 2. The number of amides is 1. The molecule has 4 heterocycles. The Bertz CT molecular complexity index is 1370. The Morgan fingerprint density at radius 2 is 0.977 bits per heavy atom. The van der Waals surface area contributed by atoms with E-state index in [1.54, 1.807) is 24.8 Å². The van der Waals surface area contributed by atoms with Gasteiger partial charge in [0.05, 0.1) is 0 Å². The fraction of sp³-hybridized carbons (Fsp3) is 0.364. The molecule has 2 saturated heterocycles. The van der Waals surface area contributed by atoms with Crippen LogP contribution in [0.25, 0.3) is 0 Å². The Kier molecular flexibility index (Phi) is 11.6. The molecule has 0 unspecified atom stereocenters. The molecule has 0 atom stereocenters. The van der Waals surface area contributed by atoms with E-state index in [0.29, 0.717) is 13.1 Å². The first kappa shape index (κ1) is 31.0. The smallest absolute Gasteiger partial charge is 0.225 e. The number of nitrogens with zero attached hydrogens (tertiary/aromatic N) is 8. The molecule has 2 fully saturated rings. The normalized spacial score (nSPS) is 15.8. The number of piperazine rings is 2. The molecule has 230 valence electrons. The fourth-order valence-corrected chi connectivity index (χ4v) is 5.34. The van der Waals surface area contributed by atoms with Crippen LogP contribution in [0.3, 0.4) is 0 Å². The lowest BCUT2D eigenvalue weighted by Crippen LogP contribution is -2.46. The number of hydrogen-bond donors (Lipinski definition) is 2. The molecule has 11 heteroatoms. The van der Waals surface area contributed by atoms with Crippen LogP contribution in [-0.2, 0) is 31.0 Å². The zero-order valence-electron chi connectivity index (χ0n) is 25.2. The van der Waals surface area contributed by atoms with E-state index in [4.69, 9.17) is 5.73 Å². The minimum absolute atomic E-state index is 0.583. The third-order valence-corrected chi connectivity index (χ3v) is 7.90. The van der Waals surface area contributed by atoms with Crippen molar-refractivity contribution in [3.63, 3.8) is 0 Å². The number of nitrogens with one attached hydrogen (secondary N) is 1. The topological polar surface area (TPSA) is 120 Å². The SMILES string of the molecule is NCc1ccc(CN2CCN(c3ncccn3)CC2)cc1.O=CNCc1ccc(CN2CCN(c3ncccn3)CC2)cc1. The van der Waals surface area contributed by atoms with Gasteiger partial charge in [-0.05, 0) is 34.4 Å². The fourth-order valence-electron chi connectivity index (χ4n) is 5.34. The maximum absolute atomic E-state index is 10.3. The van der Waals surface area contributed by atoms with E-state index in [2.05, 4.69) is 93.4 Å².